The highest BCUT2D eigenvalue weighted by molar-refractivity contribution is 5.78. The molecule has 2 aliphatic rings. The Hall–Kier alpha value is -1.10. The molecule has 0 aromatic rings. The average Bonchev–Trinajstić information content (AvgIpc) is 2.94. The maximum absolute atomic E-state index is 11.4. The molecule has 2 atom stereocenters. The number of carbonyl (C=O) groups excluding carboxylic acids is 1. The van der Waals surface area contributed by atoms with E-state index in [9.17, 15) is 9.59 Å². The van der Waals surface area contributed by atoms with E-state index >= 15 is 0 Å². The van der Waals surface area contributed by atoms with Crippen molar-refractivity contribution in [2.45, 2.75) is 38.1 Å². The van der Waals surface area contributed by atoms with Crippen LogP contribution in [0, 0.1) is 11.8 Å². The third-order valence-electron chi connectivity index (χ3n) is 3.61. The quantitative estimate of drug-likeness (QED) is 0.626. The SMILES string of the molecule is O=C(CNCC1CCCC1C(=O)O)NC1CC1. The van der Waals surface area contributed by atoms with Crippen molar-refractivity contribution >= 4 is 11.9 Å². The summed E-state index contributed by atoms with van der Waals surface area (Å²) in [5.41, 5.74) is 0. The number of hydrogen-bond acceptors (Lipinski definition) is 3. The van der Waals surface area contributed by atoms with Crippen LogP contribution >= 0.6 is 0 Å². The van der Waals surface area contributed by atoms with Crippen LogP contribution in [0.15, 0.2) is 0 Å². The predicted molar refractivity (Wildman–Crippen MR) is 62.5 cm³/mol. The Bertz CT molecular complexity index is 302. The monoisotopic (exact) mass is 240 g/mol. The molecule has 5 heteroatoms. The Kier molecular flexibility index (Phi) is 3.99. The summed E-state index contributed by atoms with van der Waals surface area (Å²) >= 11 is 0. The van der Waals surface area contributed by atoms with Crippen molar-refractivity contribution < 1.29 is 14.7 Å². The van der Waals surface area contributed by atoms with Crippen molar-refractivity contribution in [3.63, 3.8) is 0 Å². The molecule has 0 heterocycles. The fourth-order valence-electron chi connectivity index (χ4n) is 2.48. The van der Waals surface area contributed by atoms with Gasteiger partial charge < -0.3 is 15.7 Å². The highest BCUT2D eigenvalue weighted by Gasteiger charge is 2.32. The fraction of sp³-hybridized carbons (Fsp3) is 0.833. The van der Waals surface area contributed by atoms with Gasteiger partial charge in [-0.15, -0.1) is 0 Å². The zero-order valence-corrected chi connectivity index (χ0v) is 9.95. The van der Waals surface area contributed by atoms with Crippen molar-refractivity contribution in [3.8, 4) is 0 Å². The lowest BCUT2D eigenvalue weighted by Crippen LogP contribution is -2.38. The predicted octanol–water partition coefficient (Wildman–Crippen LogP) is 0.355. The lowest BCUT2D eigenvalue weighted by Gasteiger charge is -2.16. The number of rotatable bonds is 6. The number of hydrogen-bond donors (Lipinski definition) is 3. The van der Waals surface area contributed by atoms with E-state index < -0.39 is 5.97 Å². The summed E-state index contributed by atoms with van der Waals surface area (Å²) in [4.78, 5) is 22.3. The molecule has 2 saturated carbocycles. The molecule has 0 saturated heterocycles. The van der Waals surface area contributed by atoms with E-state index in [4.69, 9.17) is 5.11 Å². The molecule has 3 N–H and O–H groups in total. The van der Waals surface area contributed by atoms with Crippen molar-refractivity contribution in [3.05, 3.63) is 0 Å². The van der Waals surface area contributed by atoms with Gasteiger partial charge >= 0.3 is 5.97 Å². The third-order valence-corrected chi connectivity index (χ3v) is 3.61. The van der Waals surface area contributed by atoms with E-state index in [1.807, 2.05) is 0 Å². The molecule has 2 fully saturated rings. The number of carboxylic acid groups (broad SMARTS) is 1. The van der Waals surface area contributed by atoms with Crippen LogP contribution in [-0.4, -0.2) is 36.1 Å². The maximum Gasteiger partial charge on any atom is 0.306 e. The topological polar surface area (TPSA) is 78.4 Å². The van der Waals surface area contributed by atoms with E-state index in [-0.39, 0.29) is 17.7 Å². The largest absolute Gasteiger partial charge is 0.481 e. The van der Waals surface area contributed by atoms with Crippen LogP contribution in [0.1, 0.15) is 32.1 Å². The normalized spacial score (nSPS) is 28.0. The number of carboxylic acids is 1. The van der Waals surface area contributed by atoms with Gasteiger partial charge in [0.2, 0.25) is 5.91 Å². The van der Waals surface area contributed by atoms with E-state index in [2.05, 4.69) is 10.6 Å². The van der Waals surface area contributed by atoms with Crippen LogP contribution in [0.2, 0.25) is 0 Å². The highest BCUT2D eigenvalue weighted by Crippen LogP contribution is 2.31. The van der Waals surface area contributed by atoms with Crippen LogP contribution in [0.3, 0.4) is 0 Å². The van der Waals surface area contributed by atoms with Crippen molar-refractivity contribution in [2.24, 2.45) is 11.8 Å². The molecular weight excluding hydrogens is 220 g/mol. The Morgan fingerprint density at radius 3 is 2.59 bits per heavy atom. The number of nitrogens with one attached hydrogen (secondary N) is 2. The maximum atomic E-state index is 11.4. The van der Waals surface area contributed by atoms with E-state index in [1.165, 1.54) is 0 Å². The summed E-state index contributed by atoms with van der Waals surface area (Å²) in [5.74, 6) is -0.718. The van der Waals surface area contributed by atoms with Crippen LogP contribution in [-0.2, 0) is 9.59 Å². The van der Waals surface area contributed by atoms with E-state index in [0.717, 1.165) is 32.1 Å². The van der Waals surface area contributed by atoms with Gasteiger partial charge in [0.05, 0.1) is 12.5 Å². The molecule has 0 aliphatic heterocycles. The van der Waals surface area contributed by atoms with Gasteiger partial charge in [0.15, 0.2) is 0 Å². The Balaban J connectivity index is 1.63. The van der Waals surface area contributed by atoms with Gasteiger partial charge in [0, 0.05) is 6.04 Å². The number of amides is 1. The standard InChI is InChI=1S/C12H20N2O3/c15-11(14-9-4-5-9)7-13-6-8-2-1-3-10(8)12(16)17/h8-10,13H,1-7H2,(H,14,15)(H,16,17). The first kappa shape index (κ1) is 12.4. The van der Waals surface area contributed by atoms with Crippen LogP contribution < -0.4 is 10.6 Å². The minimum absolute atomic E-state index is 0.0253. The van der Waals surface area contributed by atoms with E-state index in [1.54, 1.807) is 0 Å². The molecule has 17 heavy (non-hydrogen) atoms. The molecule has 2 unspecified atom stereocenters. The van der Waals surface area contributed by atoms with Gasteiger partial charge in [0.25, 0.3) is 0 Å². The first-order valence-corrected chi connectivity index (χ1v) is 6.39. The molecular formula is C12H20N2O3. The van der Waals surface area contributed by atoms with Crippen molar-refractivity contribution in [2.75, 3.05) is 13.1 Å². The van der Waals surface area contributed by atoms with Crippen LogP contribution in [0.25, 0.3) is 0 Å². The van der Waals surface area contributed by atoms with Crippen molar-refractivity contribution in [1.82, 2.24) is 10.6 Å². The molecule has 96 valence electrons. The summed E-state index contributed by atoms with van der Waals surface area (Å²) in [5, 5.41) is 15.0. The summed E-state index contributed by atoms with van der Waals surface area (Å²) in [7, 11) is 0. The lowest BCUT2D eigenvalue weighted by atomic mass is 9.96. The summed E-state index contributed by atoms with van der Waals surface area (Å²) in [6.45, 7) is 0.939. The smallest absolute Gasteiger partial charge is 0.306 e. The molecule has 0 aromatic carbocycles. The Labute approximate surface area is 101 Å². The molecule has 2 rings (SSSR count). The molecule has 1 amide bonds. The zero-order chi connectivity index (χ0) is 12.3. The zero-order valence-electron chi connectivity index (χ0n) is 9.95. The Morgan fingerprint density at radius 1 is 1.18 bits per heavy atom. The Morgan fingerprint density at radius 2 is 1.94 bits per heavy atom. The molecule has 0 aromatic heterocycles. The highest BCUT2D eigenvalue weighted by atomic mass is 16.4. The van der Waals surface area contributed by atoms with Crippen LogP contribution in [0.4, 0.5) is 0 Å². The molecule has 0 radical (unpaired) electrons. The summed E-state index contributed by atoms with van der Waals surface area (Å²) in [6.07, 6.45) is 4.90. The van der Waals surface area contributed by atoms with Gasteiger partial charge in [-0.05, 0) is 38.1 Å². The molecule has 2 aliphatic carbocycles. The number of carbonyl (C=O) groups is 2. The first-order valence-electron chi connectivity index (χ1n) is 6.39. The minimum Gasteiger partial charge on any atom is -0.481 e. The van der Waals surface area contributed by atoms with E-state index in [0.29, 0.717) is 19.1 Å². The van der Waals surface area contributed by atoms with Crippen molar-refractivity contribution in [1.29, 1.82) is 0 Å². The lowest BCUT2D eigenvalue weighted by molar-refractivity contribution is -0.142. The second kappa shape index (κ2) is 5.49. The summed E-state index contributed by atoms with van der Waals surface area (Å²) in [6, 6.07) is 0.391. The van der Waals surface area contributed by atoms with Gasteiger partial charge in [-0.2, -0.15) is 0 Å². The van der Waals surface area contributed by atoms with Crippen LogP contribution in [0.5, 0.6) is 0 Å². The number of aliphatic carboxylic acids is 1. The van der Waals surface area contributed by atoms with Gasteiger partial charge in [-0.3, -0.25) is 9.59 Å². The second-order valence-corrected chi connectivity index (χ2v) is 5.11. The average molecular weight is 240 g/mol. The van der Waals surface area contributed by atoms with Gasteiger partial charge in [-0.1, -0.05) is 6.42 Å². The molecule has 5 nitrogen and oxygen atoms in total. The minimum atomic E-state index is -0.697. The van der Waals surface area contributed by atoms with Gasteiger partial charge in [-0.25, -0.2) is 0 Å². The molecule has 0 spiro atoms. The third kappa shape index (κ3) is 3.70. The fourth-order valence-corrected chi connectivity index (χ4v) is 2.48. The first-order chi connectivity index (χ1) is 8.16. The van der Waals surface area contributed by atoms with Gasteiger partial charge in [0.1, 0.15) is 0 Å². The molecule has 0 bridgehead atoms. The summed E-state index contributed by atoms with van der Waals surface area (Å²) < 4.78 is 0. The second-order valence-electron chi connectivity index (χ2n) is 5.11.